The Kier molecular flexibility index (Phi) is 3.70. The fraction of sp³-hybridized carbons (Fsp3) is 0.455. The molecule has 0 aliphatic carbocycles. The molecule has 2 N–H and O–H groups in total. The summed E-state index contributed by atoms with van der Waals surface area (Å²) in [6, 6.07) is 6.04. The molecule has 1 aromatic carbocycles. The summed E-state index contributed by atoms with van der Waals surface area (Å²) in [5.74, 6) is 0. The van der Waals surface area contributed by atoms with E-state index in [0.29, 0.717) is 6.61 Å². The third kappa shape index (κ3) is 2.56. The van der Waals surface area contributed by atoms with Crippen molar-refractivity contribution < 1.29 is 4.74 Å². The van der Waals surface area contributed by atoms with Crippen LogP contribution in [0.4, 0.5) is 0 Å². The Morgan fingerprint density at radius 1 is 1.43 bits per heavy atom. The van der Waals surface area contributed by atoms with Crippen molar-refractivity contribution in [3.63, 3.8) is 0 Å². The maximum atomic E-state index is 6.10. The van der Waals surface area contributed by atoms with Crippen LogP contribution in [0.2, 0.25) is 0 Å². The van der Waals surface area contributed by atoms with Gasteiger partial charge in [-0.15, -0.1) is 0 Å². The van der Waals surface area contributed by atoms with E-state index >= 15 is 0 Å². The highest BCUT2D eigenvalue weighted by atomic mass is 79.9. The molecular formula is C11H16BrNO. The van der Waals surface area contributed by atoms with Crippen molar-refractivity contribution in [3.8, 4) is 0 Å². The number of ether oxygens (including phenoxy) is 1. The van der Waals surface area contributed by atoms with Crippen molar-refractivity contribution in [2.45, 2.75) is 26.0 Å². The molecule has 0 fully saturated rings. The normalized spacial score (nSPS) is 11.8. The number of benzene rings is 1. The fourth-order valence-electron chi connectivity index (χ4n) is 1.57. The van der Waals surface area contributed by atoms with Crippen LogP contribution in [-0.4, -0.2) is 7.11 Å². The summed E-state index contributed by atoms with van der Waals surface area (Å²) in [6.45, 7) is 4.58. The van der Waals surface area contributed by atoms with E-state index in [1.165, 1.54) is 0 Å². The van der Waals surface area contributed by atoms with Crippen molar-refractivity contribution >= 4 is 15.9 Å². The Hall–Kier alpha value is -0.380. The van der Waals surface area contributed by atoms with Gasteiger partial charge in [-0.2, -0.15) is 0 Å². The molecule has 0 spiro atoms. The fourth-order valence-corrected chi connectivity index (χ4v) is 2.48. The maximum Gasteiger partial charge on any atom is 0.0716 e. The summed E-state index contributed by atoms with van der Waals surface area (Å²) in [7, 11) is 1.69. The molecule has 0 heterocycles. The monoisotopic (exact) mass is 257 g/mol. The number of hydrogen-bond acceptors (Lipinski definition) is 2. The van der Waals surface area contributed by atoms with Crippen LogP contribution in [0.1, 0.15) is 25.0 Å². The van der Waals surface area contributed by atoms with Crippen molar-refractivity contribution in [2.75, 3.05) is 7.11 Å². The van der Waals surface area contributed by atoms with Crippen LogP contribution in [-0.2, 0) is 16.9 Å². The second-order valence-corrected chi connectivity index (χ2v) is 4.78. The summed E-state index contributed by atoms with van der Waals surface area (Å²) >= 11 is 3.52. The van der Waals surface area contributed by atoms with E-state index in [9.17, 15) is 0 Å². The number of nitrogens with two attached hydrogens (primary N) is 1. The van der Waals surface area contributed by atoms with Crippen LogP contribution < -0.4 is 5.73 Å². The minimum absolute atomic E-state index is 0.353. The summed E-state index contributed by atoms with van der Waals surface area (Å²) in [6.07, 6.45) is 0. The molecule has 0 atom stereocenters. The molecule has 0 saturated heterocycles. The lowest BCUT2D eigenvalue weighted by Gasteiger charge is -2.24. The minimum atomic E-state index is -0.353. The molecular weight excluding hydrogens is 242 g/mol. The SMILES string of the molecule is COCc1cccc(Br)c1C(C)(C)N. The average Bonchev–Trinajstić information content (AvgIpc) is 2.02. The summed E-state index contributed by atoms with van der Waals surface area (Å²) in [4.78, 5) is 0. The van der Waals surface area contributed by atoms with Gasteiger partial charge in [-0.25, -0.2) is 0 Å². The van der Waals surface area contributed by atoms with Crippen molar-refractivity contribution in [3.05, 3.63) is 33.8 Å². The number of methoxy groups -OCH3 is 1. The Labute approximate surface area is 93.6 Å². The lowest BCUT2D eigenvalue weighted by atomic mass is 9.91. The molecule has 3 heteroatoms. The van der Waals surface area contributed by atoms with Crippen molar-refractivity contribution in [1.82, 2.24) is 0 Å². The molecule has 0 amide bonds. The smallest absolute Gasteiger partial charge is 0.0716 e. The van der Waals surface area contributed by atoms with Crippen LogP contribution in [0.3, 0.4) is 0 Å². The topological polar surface area (TPSA) is 35.2 Å². The van der Waals surface area contributed by atoms with Gasteiger partial charge >= 0.3 is 0 Å². The highest BCUT2D eigenvalue weighted by molar-refractivity contribution is 9.10. The van der Waals surface area contributed by atoms with Crippen molar-refractivity contribution in [2.24, 2.45) is 5.73 Å². The molecule has 2 nitrogen and oxygen atoms in total. The summed E-state index contributed by atoms with van der Waals surface area (Å²) in [5.41, 5.74) is 8.00. The van der Waals surface area contributed by atoms with Crippen LogP contribution in [0.25, 0.3) is 0 Å². The molecule has 0 aliphatic rings. The minimum Gasteiger partial charge on any atom is -0.380 e. The molecule has 0 bridgehead atoms. The number of rotatable bonds is 3. The number of hydrogen-bond donors (Lipinski definition) is 1. The van der Waals surface area contributed by atoms with E-state index in [4.69, 9.17) is 10.5 Å². The lowest BCUT2D eigenvalue weighted by molar-refractivity contribution is 0.183. The molecule has 78 valence electrons. The van der Waals surface area contributed by atoms with E-state index in [0.717, 1.165) is 15.6 Å². The first-order valence-electron chi connectivity index (χ1n) is 4.52. The first-order chi connectivity index (χ1) is 6.46. The van der Waals surface area contributed by atoms with Gasteiger partial charge < -0.3 is 10.5 Å². The average molecular weight is 258 g/mol. The van der Waals surface area contributed by atoms with Crippen LogP contribution in [0.5, 0.6) is 0 Å². The molecule has 1 rings (SSSR count). The lowest BCUT2D eigenvalue weighted by Crippen LogP contribution is -2.30. The molecule has 0 aliphatic heterocycles. The maximum absolute atomic E-state index is 6.10. The molecule has 1 aromatic rings. The van der Waals surface area contributed by atoms with E-state index < -0.39 is 0 Å². The van der Waals surface area contributed by atoms with Gasteiger partial charge in [0.2, 0.25) is 0 Å². The third-order valence-corrected chi connectivity index (χ3v) is 2.70. The third-order valence-electron chi connectivity index (χ3n) is 2.04. The van der Waals surface area contributed by atoms with Gasteiger partial charge in [0, 0.05) is 17.1 Å². The van der Waals surface area contributed by atoms with E-state index in [1.807, 2.05) is 32.0 Å². The summed E-state index contributed by atoms with van der Waals surface area (Å²) < 4.78 is 6.18. The van der Waals surface area contributed by atoms with Gasteiger partial charge in [-0.05, 0) is 31.0 Å². The van der Waals surface area contributed by atoms with Crippen molar-refractivity contribution in [1.29, 1.82) is 0 Å². The first kappa shape index (κ1) is 11.7. The molecule has 0 saturated carbocycles. The second-order valence-electron chi connectivity index (χ2n) is 3.93. The van der Waals surface area contributed by atoms with Gasteiger partial charge in [0.25, 0.3) is 0 Å². The zero-order valence-corrected chi connectivity index (χ0v) is 10.4. The highest BCUT2D eigenvalue weighted by Crippen LogP contribution is 2.29. The Morgan fingerprint density at radius 3 is 2.57 bits per heavy atom. The Morgan fingerprint density at radius 2 is 2.07 bits per heavy atom. The summed E-state index contributed by atoms with van der Waals surface area (Å²) in [5, 5.41) is 0. The zero-order valence-electron chi connectivity index (χ0n) is 8.80. The molecule has 0 unspecified atom stereocenters. The van der Waals surface area contributed by atoms with Gasteiger partial charge in [0.15, 0.2) is 0 Å². The predicted octanol–water partition coefficient (Wildman–Crippen LogP) is 2.79. The second kappa shape index (κ2) is 4.43. The predicted molar refractivity (Wildman–Crippen MR) is 62.1 cm³/mol. The van der Waals surface area contributed by atoms with E-state index in [1.54, 1.807) is 7.11 Å². The zero-order chi connectivity index (χ0) is 10.8. The molecule has 14 heavy (non-hydrogen) atoms. The quantitative estimate of drug-likeness (QED) is 0.904. The Balaban J connectivity index is 3.22. The molecule has 0 radical (unpaired) electrons. The van der Waals surface area contributed by atoms with Gasteiger partial charge in [-0.1, -0.05) is 28.1 Å². The van der Waals surface area contributed by atoms with Crippen LogP contribution >= 0.6 is 15.9 Å². The van der Waals surface area contributed by atoms with Crippen LogP contribution in [0.15, 0.2) is 22.7 Å². The van der Waals surface area contributed by atoms with E-state index in [2.05, 4.69) is 15.9 Å². The largest absolute Gasteiger partial charge is 0.380 e. The number of halogens is 1. The molecule has 0 aromatic heterocycles. The Bertz CT molecular complexity index is 318. The standard InChI is InChI=1S/C11H16BrNO/c1-11(2,13)10-8(7-14-3)5-4-6-9(10)12/h4-6H,7,13H2,1-3H3. The van der Waals surface area contributed by atoms with Gasteiger partial charge in [0.1, 0.15) is 0 Å². The van der Waals surface area contributed by atoms with E-state index in [-0.39, 0.29) is 5.54 Å². The highest BCUT2D eigenvalue weighted by Gasteiger charge is 2.20. The first-order valence-corrected chi connectivity index (χ1v) is 5.32. The van der Waals surface area contributed by atoms with Gasteiger partial charge in [0.05, 0.1) is 6.61 Å². The van der Waals surface area contributed by atoms with Gasteiger partial charge in [-0.3, -0.25) is 0 Å². The van der Waals surface area contributed by atoms with Crippen LogP contribution in [0, 0.1) is 0 Å².